The van der Waals surface area contributed by atoms with Gasteiger partial charge in [-0.1, -0.05) is 0 Å². The standard InChI is InChI=1S/C16H26N2O2/c1-18-14-5-6-15(18)11-13(10-14)17-7-3-8-19-12-16-4-2-9-20-16/h2,4,9,13-15,17H,3,5-8,10-12H2,1H3. The predicted octanol–water partition coefficient (Wildman–Crippen LogP) is 2.40. The Morgan fingerprint density at radius 3 is 2.85 bits per heavy atom. The lowest BCUT2D eigenvalue weighted by Crippen LogP contribution is -2.47. The molecule has 2 fully saturated rings. The Balaban J connectivity index is 1.25. The molecule has 2 bridgehead atoms. The maximum atomic E-state index is 5.60. The molecule has 1 aromatic rings. The van der Waals surface area contributed by atoms with Crippen LogP contribution in [-0.4, -0.2) is 43.2 Å². The van der Waals surface area contributed by atoms with Crippen LogP contribution >= 0.6 is 0 Å². The minimum absolute atomic E-state index is 0.589. The van der Waals surface area contributed by atoms with Gasteiger partial charge in [-0.05, 0) is 57.8 Å². The lowest BCUT2D eigenvalue weighted by molar-refractivity contribution is 0.101. The molecule has 4 nitrogen and oxygen atoms in total. The van der Waals surface area contributed by atoms with E-state index < -0.39 is 0 Å². The van der Waals surface area contributed by atoms with E-state index in [-0.39, 0.29) is 0 Å². The van der Waals surface area contributed by atoms with Gasteiger partial charge in [-0.15, -0.1) is 0 Å². The number of piperidine rings is 1. The van der Waals surface area contributed by atoms with Crippen molar-refractivity contribution in [3.8, 4) is 0 Å². The second-order valence-electron chi connectivity index (χ2n) is 6.16. The van der Waals surface area contributed by atoms with Gasteiger partial charge in [0.15, 0.2) is 0 Å². The van der Waals surface area contributed by atoms with E-state index >= 15 is 0 Å². The van der Waals surface area contributed by atoms with E-state index in [4.69, 9.17) is 9.15 Å². The maximum Gasteiger partial charge on any atom is 0.129 e. The molecular formula is C16H26N2O2. The summed E-state index contributed by atoms with van der Waals surface area (Å²) in [5, 5.41) is 3.71. The van der Waals surface area contributed by atoms with Crippen molar-refractivity contribution in [2.75, 3.05) is 20.2 Å². The topological polar surface area (TPSA) is 37.6 Å². The molecule has 4 heteroatoms. The van der Waals surface area contributed by atoms with Crippen LogP contribution in [0, 0.1) is 0 Å². The highest BCUT2D eigenvalue weighted by Gasteiger charge is 2.37. The minimum Gasteiger partial charge on any atom is -0.467 e. The van der Waals surface area contributed by atoms with Crippen molar-refractivity contribution in [2.24, 2.45) is 0 Å². The molecule has 20 heavy (non-hydrogen) atoms. The monoisotopic (exact) mass is 278 g/mol. The molecule has 2 unspecified atom stereocenters. The first-order chi connectivity index (χ1) is 9.83. The van der Waals surface area contributed by atoms with E-state index in [9.17, 15) is 0 Å². The van der Waals surface area contributed by atoms with Crippen molar-refractivity contribution in [1.29, 1.82) is 0 Å². The fourth-order valence-electron chi connectivity index (χ4n) is 3.63. The summed E-state index contributed by atoms with van der Waals surface area (Å²) in [4.78, 5) is 2.59. The Hall–Kier alpha value is -0.840. The van der Waals surface area contributed by atoms with Gasteiger partial charge in [0, 0.05) is 24.7 Å². The zero-order chi connectivity index (χ0) is 13.8. The molecule has 1 aromatic heterocycles. The number of fused-ring (bicyclic) bond motifs is 2. The minimum atomic E-state index is 0.589. The molecule has 2 atom stereocenters. The molecule has 0 aromatic carbocycles. The number of ether oxygens (including phenoxy) is 1. The van der Waals surface area contributed by atoms with Crippen molar-refractivity contribution < 1.29 is 9.15 Å². The molecule has 0 saturated carbocycles. The van der Waals surface area contributed by atoms with Crippen molar-refractivity contribution in [2.45, 2.75) is 56.8 Å². The third-order valence-corrected chi connectivity index (χ3v) is 4.82. The first-order valence-corrected chi connectivity index (χ1v) is 7.88. The molecule has 2 saturated heterocycles. The van der Waals surface area contributed by atoms with Crippen LogP contribution in [0.15, 0.2) is 22.8 Å². The quantitative estimate of drug-likeness (QED) is 0.777. The average molecular weight is 278 g/mol. The van der Waals surface area contributed by atoms with Gasteiger partial charge in [-0.3, -0.25) is 0 Å². The van der Waals surface area contributed by atoms with Gasteiger partial charge in [-0.25, -0.2) is 0 Å². The zero-order valence-electron chi connectivity index (χ0n) is 12.4. The van der Waals surface area contributed by atoms with Crippen LogP contribution in [0.5, 0.6) is 0 Å². The smallest absolute Gasteiger partial charge is 0.129 e. The summed E-state index contributed by atoms with van der Waals surface area (Å²) >= 11 is 0. The van der Waals surface area contributed by atoms with Crippen molar-refractivity contribution in [3.63, 3.8) is 0 Å². The Kier molecular flexibility index (Phi) is 4.76. The molecule has 0 radical (unpaired) electrons. The largest absolute Gasteiger partial charge is 0.467 e. The Bertz CT molecular complexity index is 379. The predicted molar refractivity (Wildman–Crippen MR) is 78.6 cm³/mol. The van der Waals surface area contributed by atoms with Crippen LogP contribution in [0.3, 0.4) is 0 Å². The summed E-state index contributed by atoms with van der Waals surface area (Å²) in [7, 11) is 2.29. The van der Waals surface area contributed by atoms with Crippen molar-refractivity contribution in [3.05, 3.63) is 24.2 Å². The average Bonchev–Trinajstić information content (AvgIpc) is 3.01. The first kappa shape index (κ1) is 14.1. The van der Waals surface area contributed by atoms with Crippen LogP contribution < -0.4 is 5.32 Å². The fourth-order valence-corrected chi connectivity index (χ4v) is 3.63. The summed E-state index contributed by atoms with van der Waals surface area (Å²) in [6, 6.07) is 6.21. The van der Waals surface area contributed by atoms with E-state index in [1.807, 2.05) is 12.1 Å². The van der Waals surface area contributed by atoms with Gasteiger partial charge in [-0.2, -0.15) is 0 Å². The van der Waals surface area contributed by atoms with Gasteiger partial charge >= 0.3 is 0 Å². The van der Waals surface area contributed by atoms with Crippen LogP contribution in [0.25, 0.3) is 0 Å². The van der Waals surface area contributed by atoms with Gasteiger partial charge in [0.1, 0.15) is 12.4 Å². The van der Waals surface area contributed by atoms with Gasteiger partial charge in [0.2, 0.25) is 0 Å². The highest BCUT2D eigenvalue weighted by Crippen LogP contribution is 2.34. The number of furan rings is 1. The highest BCUT2D eigenvalue weighted by molar-refractivity contribution is 4.96. The van der Waals surface area contributed by atoms with E-state index in [2.05, 4.69) is 17.3 Å². The van der Waals surface area contributed by atoms with Gasteiger partial charge < -0.3 is 19.4 Å². The summed E-state index contributed by atoms with van der Waals surface area (Å²) < 4.78 is 10.8. The van der Waals surface area contributed by atoms with Crippen LogP contribution in [0.2, 0.25) is 0 Å². The summed E-state index contributed by atoms with van der Waals surface area (Å²) in [5.74, 6) is 0.907. The highest BCUT2D eigenvalue weighted by atomic mass is 16.5. The van der Waals surface area contributed by atoms with E-state index in [0.29, 0.717) is 12.6 Å². The number of hydrogen-bond donors (Lipinski definition) is 1. The lowest BCUT2D eigenvalue weighted by atomic mass is 9.98. The van der Waals surface area contributed by atoms with E-state index in [0.717, 1.165) is 37.4 Å². The van der Waals surface area contributed by atoms with E-state index in [1.165, 1.54) is 25.7 Å². The van der Waals surface area contributed by atoms with Crippen LogP contribution in [0.4, 0.5) is 0 Å². The fraction of sp³-hybridized carbons (Fsp3) is 0.750. The van der Waals surface area contributed by atoms with Crippen LogP contribution in [0.1, 0.15) is 37.9 Å². The number of nitrogens with zero attached hydrogens (tertiary/aromatic N) is 1. The molecule has 2 aliphatic rings. The molecule has 0 amide bonds. The Labute approximate surface area is 121 Å². The van der Waals surface area contributed by atoms with Crippen LogP contribution in [-0.2, 0) is 11.3 Å². The summed E-state index contributed by atoms with van der Waals surface area (Å²) in [6.07, 6.45) is 8.19. The molecule has 0 aliphatic carbocycles. The molecule has 3 rings (SSSR count). The van der Waals surface area contributed by atoms with Gasteiger partial charge in [0.25, 0.3) is 0 Å². The maximum absolute atomic E-state index is 5.60. The number of rotatable bonds is 7. The Morgan fingerprint density at radius 2 is 2.15 bits per heavy atom. The Morgan fingerprint density at radius 1 is 1.35 bits per heavy atom. The van der Waals surface area contributed by atoms with Crippen molar-refractivity contribution in [1.82, 2.24) is 10.2 Å². The molecule has 3 heterocycles. The summed E-state index contributed by atoms with van der Waals surface area (Å²) in [5.41, 5.74) is 0. The second kappa shape index (κ2) is 6.74. The molecular weight excluding hydrogens is 252 g/mol. The third-order valence-electron chi connectivity index (χ3n) is 4.82. The number of nitrogens with one attached hydrogen (secondary N) is 1. The molecule has 0 spiro atoms. The van der Waals surface area contributed by atoms with E-state index in [1.54, 1.807) is 6.26 Å². The third kappa shape index (κ3) is 3.43. The van der Waals surface area contributed by atoms with Crippen molar-refractivity contribution >= 4 is 0 Å². The molecule has 1 N–H and O–H groups in total. The first-order valence-electron chi connectivity index (χ1n) is 7.88. The molecule has 112 valence electrons. The molecule has 2 aliphatic heterocycles. The normalized spacial score (nSPS) is 29.9. The summed E-state index contributed by atoms with van der Waals surface area (Å²) in [6.45, 7) is 2.45. The van der Waals surface area contributed by atoms with Gasteiger partial charge in [0.05, 0.1) is 6.26 Å². The zero-order valence-corrected chi connectivity index (χ0v) is 12.4. The number of hydrogen-bond acceptors (Lipinski definition) is 4. The SMILES string of the molecule is CN1C2CCC1CC(NCCCOCc1ccco1)C2. The lowest BCUT2D eigenvalue weighted by Gasteiger charge is -2.36. The second-order valence-corrected chi connectivity index (χ2v) is 6.16.